The molecule has 1 fully saturated rings. The van der Waals surface area contributed by atoms with Crippen molar-refractivity contribution in [3.63, 3.8) is 0 Å². The molecule has 0 atom stereocenters. The van der Waals surface area contributed by atoms with Crippen LogP contribution in [0.25, 0.3) is 5.32 Å². The molecule has 1 aromatic carbocycles. The van der Waals surface area contributed by atoms with Crippen molar-refractivity contribution in [2.24, 2.45) is 0 Å². The molecule has 109 valence electrons. The summed E-state index contributed by atoms with van der Waals surface area (Å²) < 4.78 is 0. The minimum absolute atomic E-state index is 0. The summed E-state index contributed by atoms with van der Waals surface area (Å²) >= 11 is 0. The molecule has 1 aliphatic heterocycles. The maximum Gasteiger partial charge on any atom is 3.00 e. The first kappa shape index (κ1) is 27.7. The van der Waals surface area contributed by atoms with Crippen molar-refractivity contribution in [3.8, 4) is 0 Å². The van der Waals surface area contributed by atoms with E-state index in [1.165, 1.54) is 0 Å². The number of halogens is 2. The van der Waals surface area contributed by atoms with Crippen LogP contribution in [0.2, 0.25) is 0 Å². The number of benzene rings is 1. The van der Waals surface area contributed by atoms with Crippen LogP contribution in [-0.4, -0.2) is 39.3 Å². The molecule has 3 nitrogen and oxygen atoms in total. The van der Waals surface area contributed by atoms with Crippen LogP contribution in [0.1, 0.15) is 0 Å². The minimum atomic E-state index is 0. The van der Waals surface area contributed by atoms with E-state index in [4.69, 9.17) is 0 Å². The zero-order valence-electron chi connectivity index (χ0n) is 11.4. The molecular formula is C13H24Cl2N3Ti. The van der Waals surface area contributed by atoms with E-state index in [1.807, 2.05) is 30.3 Å². The van der Waals surface area contributed by atoms with Gasteiger partial charge >= 0.3 is 21.7 Å². The molecule has 0 spiro atoms. The van der Waals surface area contributed by atoms with Crippen molar-refractivity contribution in [1.29, 1.82) is 0 Å². The molecule has 1 aromatic rings. The van der Waals surface area contributed by atoms with Gasteiger partial charge in [-0.1, -0.05) is 0 Å². The van der Waals surface area contributed by atoms with Crippen LogP contribution in [0.4, 0.5) is 0 Å². The summed E-state index contributed by atoms with van der Waals surface area (Å²) in [5.41, 5.74) is 0. The van der Waals surface area contributed by atoms with Gasteiger partial charge in [0.2, 0.25) is 0 Å². The molecule has 1 aliphatic rings. The summed E-state index contributed by atoms with van der Waals surface area (Å²) in [6.45, 7) is 6.19. The Kier molecular flexibility index (Phi) is 34.2. The fourth-order valence-corrected chi connectivity index (χ4v) is 1.20. The average molecular weight is 341 g/mol. The van der Waals surface area contributed by atoms with Gasteiger partial charge in [0.1, 0.15) is 0 Å². The van der Waals surface area contributed by atoms with E-state index in [-0.39, 0.29) is 54.0 Å². The second kappa shape index (κ2) is 23.5. The van der Waals surface area contributed by atoms with Crippen molar-refractivity contribution in [2.45, 2.75) is 0 Å². The van der Waals surface area contributed by atoms with Crippen molar-refractivity contribution in [1.82, 2.24) is 10.6 Å². The first-order valence-corrected chi connectivity index (χ1v) is 5.46. The van der Waals surface area contributed by atoms with Crippen molar-refractivity contribution < 1.29 is 21.7 Å². The predicted octanol–water partition coefficient (Wildman–Crippen LogP) is 2.33. The first-order chi connectivity index (χ1) is 7.50. The monoisotopic (exact) mass is 340 g/mol. The molecule has 19 heavy (non-hydrogen) atoms. The molecule has 0 aromatic heterocycles. The minimum Gasteiger partial charge on any atom is -0.660 e. The zero-order valence-corrected chi connectivity index (χ0v) is 14.6. The molecule has 0 unspecified atom stereocenters. The van der Waals surface area contributed by atoms with Crippen molar-refractivity contribution >= 4 is 24.8 Å². The van der Waals surface area contributed by atoms with Gasteiger partial charge in [0, 0.05) is 13.1 Å². The second-order valence-electron chi connectivity index (χ2n) is 3.25. The number of hydrogen-bond acceptors (Lipinski definition) is 2. The second-order valence-corrected chi connectivity index (χ2v) is 3.25. The molecular weight excluding hydrogens is 317 g/mol. The Balaban J connectivity index is -0.000000102. The third kappa shape index (κ3) is 20.9. The maximum atomic E-state index is 4.27. The Bertz CT molecular complexity index is 173. The van der Waals surface area contributed by atoms with Crippen LogP contribution in [0.5, 0.6) is 0 Å². The van der Waals surface area contributed by atoms with Gasteiger partial charge in [-0.2, -0.15) is 36.4 Å². The number of nitrogens with zero attached hydrogens (tertiary/aromatic N) is 1. The Morgan fingerprint density at radius 2 is 1.26 bits per heavy atom. The van der Waals surface area contributed by atoms with E-state index in [0.717, 1.165) is 39.3 Å². The van der Waals surface area contributed by atoms with E-state index in [1.54, 1.807) is 0 Å². The first-order valence-electron chi connectivity index (χ1n) is 5.46. The van der Waals surface area contributed by atoms with E-state index >= 15 is 0 Å². The zero-order chi connectivity index (χ0) is 10.6. The van der Waals surface area contributed by atoms with E-state index in [0.29, 0.717) is 0 Å². The molecule has 1 saturated heterocycles. The Hall–Kier alpha value is 0.394. The molecule has 0 amide bonds. The number of rotatable bonds is 0. The van der Waals surface area contributed by atoms with Gasteiger partial charge < -0.3 is 23.4 Å². The van der Waals surface area contributed by atoms with Crippen LogP contribution in [-0.2, 0) is 21.7 Å². The standard InChI is InChI=1S/C6H14N3.C6H5.CH3.2ClH.Ti/c1-2-8-5-6-9-4-3-7-1;1-2-4-6-5-3-1;;;;/h7-8H,1-6H2;1-5H;1H3;2*1H;/q3*-1;;;+3. The molecule has 0 bridgehead atoms. The van der Waals surface area contributed by atoms with Gasteiger partial charge in [0.15, 0.2) is 0 Å². The predicted molar refractivity (Wildman–Crippen MR) is 85.0 cm³/mol. The molecule has 0 saturated carbocycles. The fraction of sp³-hybridized carbons (Fsp3) is 0.462. The van der Waals surface area contributed by atoms with Gasteiger partial charge in [-0.25, -0.2) is 0 Å². The Morgan fingerprint density at radius 3 is 1.58 bits per heavy atom. The van der Waals surface area contributed by atoms with Gasteiger partial charge in [-0.15, -0.1) is 37.9 Å². The summed E-state index contributed by atoms with van der Waals surface area (Å²) in [4.78, 5) is 0. The smallest absolute Gasteiger partial charge is 0.660 e. The van der Waals surface area contributed by atoms with Crippen LogP contribution < -0.4 is 10.6 Å². The van der Waals surface area contributed by atoms with Gasteiger partial charge in [0.25, 0.3) is 0 Å². The molecule has 0 aliphatic carbocycles. The third-order valence-electron chi connectivity index (χ3n) is 1.98. The van der Waals surface area contributed by atoms with Gasteiger partial charge in [-0.3, -0.25) is 0 Å². The Labute approximate surface area is 145 Å². The van der Waals surface area contributed by atoms with E-state index < -0.39 is 0 Å². The average Bonchev–Trinajstić information content (AvgIpc) is 2.47. The number of hydrogen-bond donors (Lipinski definition) is 2. The quantitative estimate of drug-likeness (QED) is 0.562. The summed E-state index contributed by atoms with van der Waals surface area (Å²) in [6, 6.07) is 12.5. The summed E-state index contributed by atoms with van der Waals surface area (Å²) in [7, 11) is 0. The normalized spacial score (nSPS) is 13.9. The molecule has 2 N–H and O–H groups in total. The molecule has 1 heterocycles. The third-order valence-corrected chi connectivity index (χ3v) is 1.98. The largest absolute Gasteiger partial charge is 3.00 e. The van der Waals surface area contributed by atoms with Crippen LogP contribution in [0, 0.1) is 13.5 Å². The van der Waals surface area contributed by atoms with Crippen LogP contribution in [0.15, 0.2) is 30.3 Å². The van der Waals surface area contributed by atoms with E-state index in [9.17, 15) is 0 Å². The van der Waals surface area contributed by atoms with E-state index in [2.05, 4.69) is 22.0 Å². The fourth-order valence-electron chi connectivity index (χ4n) is 1.20. The molecule has 6 heteroatoms. The summed E-state index contributed by atoms with van der Waals surface area (Å²) in [6.07, 6.45) is 0. The van der Waals surface area contributed by atoms with Gasteiger partial charge in [0.05, 0.1) is 0 Å². The maximum absolute atomic E-state index is 4.27. The van der Waals surface area contributed by atoms with Crippen LogP contribution in [0.3, 0.4) is 0 Å². The molecule has 2 rings (SSSR count). The van der Waals surface area contributed by atoms with Crippen molar-refractivity contribution in [2.75, 3.05) is 39.3 Å². The van der Waals surface area contributed by atoms with Gasteiger partial charge in [-0.05, 0) is 13.1 Å². The topological polar surface area (TPSA) is 38.2 Å². The summed E-state index contributed by atoms with van der Waals surface area (Å²) in [5, 5.41) is 10.8. The van der Waals surface area contributed by atoms with Crippen molar-refractivity contribution in [3.05, 3.63) is 49.1 Å². The molecule has 1 radical (unpaired) electrons. The number of nitrogens with one attached hydrogen (secondary N) is 2. The summed E-state index contributed by atoms with van der Waals surface area (Å²) in [5.74, 6) is 0. The Morgan fingerprint density at radius 1 is 0.789 bits per heavy atom. The van der Waals surface area contributed by atoms with Crippen LogP contribution >= 0.6 is 24.8 Å². The SMILES string of the molecule is C1CNCCNCC[N-]1.Cl.Cl.[CH3-].[Ti+3].[c-]1ccccc1.